The molecule has 0 aromatic carbocycles. The molecule has 1 fully saturated rings. The molecule has 0 aromatic heterocycles. The maximum atomic E-state index is 11.3. The predicted octanol–water partition coefficient (Wildman–Crippen LogP) is 3.60. The Hall–Kier alpha value is -0.570. The van der Waals surface area contributed by atoms with E-state index in [2.05, 4.69) is 20.8 Å². The van der Waals surface area contributed by atoms with Crippen molar-refractivity contribution in [3.05, 3.63) is 0 Å². The van der Waals surface area contributed by atoms with Crippen LogP contribution in [0.1, 0.15) is 72.1 Å². The average Bonchev–Trinajstić information content (AvgIpc) is 2.46. The van der Waals surface area contributed by atoms with Crippen LogP contribution in [0.4, 0.5) is 0 Å². The van der Waals surface area contributed by atoms with Crippen LogP contribution >= 0.6 is 0 Å². The number of piperidine rings is 1. The average molecular weight is 271 g/mol. The summed E-state index contributed by atoms with van der Waals surface area (Å²) in [6.07, 6.45) is 8.91. The standard InChI is InChI=1S/C9H17NO.C7H16O/c1-2-6-9(11)10-7-4-3-5-8-10;1-3-5-7(4-2)6-8/h2-8H2,1H3;7-8H,3-6H2,1-2H3. The van der Waals surface area contributed by atoms with Crippen molar-refractivity contribution in [1.29, 1.82) is 0 Å². The summed E-state index contributed by atoms with van der Waals surface area (Å²) in [4.78, 5) is 13.3. The lowest BCUT2D eigenvalue weighted by molar-refractivity contribution is -0.132. The minimum absolute atomic E-state index is 0.354. The van der Waals surface area contributed by atoms with Crippen molar-refractivity contribution >= 4 is 5.91 Å². The van der Waals surface area contributed by atoms with Gasteiger partial charge in [-0.3, -0.25) is 4.79 Å². The minimum Gasteiger partial charge on any atom is -0.396 e. The number of carbonyl (C=O) groups is 1. The van der Waals surface area contributed by atoms with Crippen LogP contribution in [0.3, 0.4) is 0 Å². The molecule has 1 atom stereocenters. The summed E-state index contributed by atoms with van der Waals surface area (Å²) >= 11 is 0. The van der Waals surface area contributed by atoms with E-state index < -0.39 is 0 Å². The lowest BCUT2D eigenvalue weighted by Gasteiger charge is -2.26. The Balaban J connectivity index is 0.000000362. The monoisotopic (exact) mass is 271 g/mol. The summed E-state index contributed by atoms with van der Waals surface area (Å²) in [7, 11) is 0. The molecule has 114 valence electrons. The van der Waals surface area contributed by atoms with E-state index in [9.17, 15) is 4.79 Å². The summed E-state index contributed by atoms with van der Waals surface area (Å²) < 4.78 is 0. The molecule has 1 aliphatic rings. The molecule has 1 N–H and O–H groups in total. The molecule has 0 bridgehead atoms. The first-order chi connectivity index (χ1) is 9.19. The van der Waals surface area contributed by atoms with E-state index in [-0.39, 0.29) is 0 Å². The third kappa shape index (κ3) is 9.04. The van der Waals surface area contributed by atoms with Crippen LogP contribution in [0.25, 0.3) is 0 Å². The van der Waals surface area contributed by atoms with Crippen LogP contribution in [0.2, 0.25) is 0 Å². The largest absolute Gasteiger partial charge is 0.396 e. The summed E-state index contributed by atoms with van der Waals surface area (Å²) in [5.41, 5.74) is 0. The second kappa shape index (κ2) is 12.5. The molecule has 0 radical (unpaired) electrons. The summed E-state index contributed by atoms with van der Waals surface area (Å²) in [6.45, 7) is 8.69. The van der Waals surface area contributed by atoms with Crippen molar-refractivity contribution in [2.24, 2.45) is 5.92 Å². The van der Waals surface area contributed by atoms with Gasteiger partial charge in [-0.25, -0.2) is 0 Å². The number of nitrogens with zero attached hydrogens (tertiary/aromatic N) is 1. The molecule has 1 amide bonds. The van der Waals surface area contributed by atoms with Gasteiger partial charge in [-0.05, 0) is 38.0 Å². The number of carbonyl (C=O) groups excluding carboxylic acids is 1. The van der Waals surface area contributed by atoms with Gasteiger partial charge in [-0.15, -0.1) is 0 Å². The lowest BCUT2D eigenvalue weighted by Crippen LogP contribution is -2.35. The van der Waals surface area contributed by atoms with E-state index >= 15 is 0 Å². The topological polar surface area (TPSA) is 40.5 Å². The smallest absolute Gasteiger partial charge is 0.222 e. The minimum atomic E-state index is 0.354. The van der Waals surface area contributed by atoms with E-state index in [4.69, 9.17) is 5.11 Å². The van der Waals surface area contributed by atoms with Crippen molar-refractivity contribution < 1.29 is 9.90 Å². The Morgan fingerprint density at radius 3 is 2.11 bits per heavy atom. The van der Waals surface area contributed by atoms with Gasteiger partial charge >= 0.3 is 0 Å². The maximum absolute atomic E-state index is 11.3. The Morgan fingerprint density at radius 1 is 1.11 bits per heavy atom. The summed E-state index contributed by atoms with van der Waals surface area (Å²) in [5, 5.41) is 8.66. The second-order valence-electron chi connectivity index (χ2n) is 5.44. The van der Waals surface area contributed by atoms with E-state index in [1.807, 2.05) is 4.90 Å². The van der Waals surface area contributed by atoms with Crippen molar-refractivity contribution in [3.63, 3.8) is 0 Å². The van der Waals surface area contributed by atoms with Crippen molar-refractivity contribution in [2.75, 3.05) is 19.7 Å². The fourth-order valence-corrected chi connectivity index (χ4v) is 2.35. The molecule has 0 spiro atoms. The Labute approximate surface area is 119 Å². The van der Waals surface area contributed by atoms with Crippen molar-refractivity contribution in [1.82, 2.24) is 4.90 Å². The van der Waals surface area contributed by atoms with E-state index in [0.29, 0.717) is 18.4 Å². The zero-order valence-corrected chi connectivity index (χ0v) is 13.2. The molecule has 0 aliphatic carbocycles. The van der Waals surface area contributed by atoms with Crippen molar-refractivity contribution in [2.45, 2.75) is 72.1 Å². The molecule has 0 aromatic rings. The number of aliphatic hydroxyl groups excluding tert-OH is 1. The van der Waals surface area contributed by atoms with E-state index in [1.54, 1.807) is 0 Å². The van der Waals surface area contributed by atoms with Crippen LogP contribution in [-0.4, -0.2) is 35.6 Å². The molecule has 1 aliphatic heterocycles. The molecule has 0 saturated carbocycles. The van der Waals surface area contributed by atoms with Gasteiger partial charge in [0.25, 0.3) is 0 Å². The Morgan fingerprint density at radius 2 is 1.74 bits per heavy atom. The maximum Gasteiger partial charge on any atom is 0.222 e. The Bertz CT molecular complexity index is 209. The first-order valence-electron chi connectivity index (χ1n) is 8.08. The van der Waals surface area contributed by atoms with Gasteiger partial charge in [-0.2, -0.15) is 0 Å². The molecule has 3 heteroatoms. The lowest BCUT2D eigenvalue weighted by atomic mass is 10.0. The molecular weight excluding hydrogens is 238 g/mol. The van der Waals surface area contributed by atoms with Crippen LogP contribution in [0.15, 0.2) is 0 Å². The van der Waals surface area contributed by atoms with Gasteiger partial charge in [-0.1, -0.05) is 33.6 Å². The summed E-state index contributed by atoms with van der Waals surface area (Å²) in [5.74, 6) is 0.909. The quantitative estimate of drug-likeness (QED) is 0.802. The highest BCUT2D eigenvalue weighted by molar-refractivity contribution is 5.76. The Kier molecular flexibility index (Phi) is 12.1. The van der Waals surface area contributed by atoms with Crippen LogP contribution in [0.5, 0.6) is 0 Å². The number of hydrogen-bond donors (Lipinski definition) is 1. The van der Waals surface area contributed by atoms with Crippen LogP contribution < -0.4 is 0 Å². The second-order valence-corrected chi connectivity index (χ2v) is 5.44. The normalized spacial score (nSPS) is 16.5. The highest BCUT2D eigenvalue weighted by atomic mass is 16.3. The number of likely N-dealkylation sites (tertiary alicyclic amines) is 1. The van der Waals surface area contributed by atoms with Crippen LogP contribution in [0, 0.1) is 5.92 Å². The summed E-state index contributed by atoms with van der Waals surface area (Å²) in [6, 6.07) is 0. The molecule has 1 heterocycles. The van der Waals surface area contributed by atoms with Gasteiger partial charge in [0.1, 0.15) is 0 Å². The zero-order valence-electron chi connectivity index (χ0n) is 13.2. The van der Waals surface area contributed by atoms with Gasteiger partial charge in [0.15, 0.2) is 0 Å². The fourth-order valence-electron chi connectivity index (χ4n) is 2.35. The van der Waals surface area contributed by atoms with Gasteiger partial charge in [0, 0.05) is 26.1 Å². The number of rotatable bonds is 6. The molecule has 1 rings (SSSR count). The molecular formula is C16H33NO2. The molecule has 1 saturated heterocycles. The highest BCUT2D eigenvalue weighted by Crippen LogP contribution is 2.10. The van der Waals surface area contributed by atoms with Gasteiger partial charge in [0.2, 0.25) is 5.91 Å². The molecule has 3 nitrogen and oxygen atoms in total. The third-order valence-electron chi connectivity index (χ3n) is 3.71. The highest BCUT2D eigenvalue weighted by Gasteiger charge is 2.14. The predicted molar refractivity (Wildman–Crippen MR) is 81.1 cm³/mol. The van der Waals surface area contributed by atoms with Crippen LogP contribution in [-0.2, 0) is 4.79 Å². The number of hydrogen-bond acceptors (Lipinski definition) is 2. The first-order valence-corrected chi connectivity index (χ1v) is 8.08. The molecule has 1 unspecified atom stereocenters. The van der Waals surface area contributed by atoms with Gasteiger partial charge in [0.05, 0.1) is 0 Å². The van der Waals surface area contributed by atoms with Crippen molar-refractivity contribution in [3.8, 4) is 0 Å². The third-order valence-corrected chi connectivity index (χ3v) is 3.71. The van der Waals surface area contributed by atoms with Gasteiger partial charge < -0.3 is 10.0 Å². The number of amides is 1. The SMILES string of the molecule is CCCC(=O)N1CCCCC1.CCCC(CC)CO. The fraction of sp³-hybridized carbons (Fsp3) is 0.938. The molecule has 19 heavy (non-hydrogen) atoms. The van der Waals surface area contributed by atoms with E-state index in [1.165, 1.54) is 32.1 Å². The first kappa shape index (κ1) is 18.4. The van der Waals surface area contributed by atoms with E-state index in [0.717, 1.165) is 32.4 Å². The number of aliphatic hydroxyl groups is 1. The zero-order chi connectivity index (χ0) is 14.5.